The van der Waals surface area contributed by atoms with Crippen molar-refractivity contribution in [3.8, 4) is 12.3 Å². The highest BCUT2D eigenvalue weighted by Crippen LogP contribution is 2.27. The van der Waals surface area contributed by atoms with Gasteiger partial charge in [-0.05, 0) is 31.2 Å². The Morgan fingerprint density at radius 2 is 2.10 bits per heavy atom. The molecule has 1 aromatic carbocycles. The Kier molecular flexibility index (Phi) is 5.94. The lowest BCUT2D eigenvalue weighted by Gasteiger charge is -2.40. The average Bonchev–Trinajstić information content (AvgIpc) is 3.26. The molecule has 9 heteroatoms. The highest BCUT2D eigenvalue weighted by molar-refractivity contribution is 7.91. The predicted octanol–water partition coefficient (Wildman–Crippen LogP) is 2.57. The van der Waals surface area contributed by atoms with Gasteiger partial charge in [0.25, 0.3) is 0 Å². The van der Waals surface area contributed by atoms with Crippen LogP contribution in [0.2, 0.25) is 0 Å². The van der Waals surface area contributed by atoms with E-state index in [1.807, 2.05) is 19.1 Å². The van der Waals surface area contributed by atoms with Gasteiger partial charge in [-0.3, -0.25) is 4.79 Å². The first-order valence-electron chi connectivity index (χ1n) is 9.91. The summed E-state index contributed by atoms with van der Waals surface area (Å²) in [7, 11) is -3.58. The van der Waals surface area contributed by atoms with Crippen LogP contribution in [0.3, 0.4) is 0 Å². The van der Waals surface area contributed by atoms with Gasteiger partial charge in [0, 0.05) is 43.9 Å². The number of aromatic nitrogens is 2. The SMILES string of the molecule is C#Cc1ccc(N2CCN(C(=O)CCS(=O)(=O)c3cccc4ncsc34)[C@@H](C)C2)nc1. The Morgan fingerprint density at radius 1 is 1.26 bits per heavy atom. The first kappa shape index (κ1) is 21.3. The van der Waals surface area contributed by atoms with Crippen LogP contribution in [0.4, 0.5) is 5.82 Å². The van der Waals surface area contributed by atoms with E-state index in [4.69, 9.17) is 6.42 Å². The van der Waals surface area contributed by atoms with Gasteiger partial charge in [0.1, 0.15) is 5.82 Å². The molecule has 1 atom stereocenters. The number of carbonyl (C=O) groups excluding carboxylic acids is 1. The van der Waals surface area contributed by atoms with Crippen LogP contribution >= 0.6 is 11.3 Å². The van der Waals surface area contributed by atoms with Crippen molar-refractivity contribution in [1.29, 1.82) is 0 Å². The zero-order valence-electron chi connectivity index (χ0n) is 17.1. The van der Waals surface area contributed by atoms with Gasteiger partial charge < -0.3 is 9.80 Å². The summed E-state index contributed by atoms with van der Waals surface area (Å²) < 4.78 is 26.4. The van der Waals surface area contributed by atoms with Crippen LogP contribution in [0, 0.1) is 12.3 Å². The van der Waals surface area contributed by atoms with Crippen LogP contribution in [0.15, 0.2) is 46.9 Å². The second-order valence-electron chi connectivity index (χ2n) is 7.46. The molecule has 7 nitrogen and oxygen atoms in total. The molecule has 3 aromatic rings. The summed E-state index contributed by atoms with van der Waals surface area (Å²) in [6.07, 6.45) is 6.99. The number of nitrogens with zero attached hydrogens (tertiary/aromatic N) is 4. The van der Waals surface area contributed by atoms with Gasteiger partial charge >= 0.3 is 0 Å². The molecule has 1 saturated heterocycles. The summed E-state index contributed by atoms with van der Waals surface area (Å²) in [6.45, 7) is 3.74. The fourth-order valence-corrected chi connectivity index (χ4v) is 6.33. The van der Waals surface area contributed by atoms with Crippen LogP contribution in [-0.2, 0) is 14.6 Å². The fourth-order valence-electron chi connectivity index (χ4n) is 3.78. The van der Waals surface area contributed by atoms with Gasteiger partial charge in [0.05, 0.1) is 26.4 Å². The number of rotatable bonds is 5. The van der Waals surface area contributed by atoms with E-state index >= 15 is 0 Å². The van der Waals surface area contributed by atoms with E-state index in [0.29, 0.717) is 29.9 Å². The maximum Gasteiger partial charge on any atom is 0.223 e. The third kappa shape index (κ3) is 4.40. The molecule has 4 rings (SSSR count). The van der Waals surface area contributed by atoms with Crippen molar-refractivity contribution in [2.24, 2.45) is 0 Å². The van der Waals surface area contributed by atoms with Gasteiger partial charge in [-0.1, -0.05) is 12.0 Å². The van der Waals surface area contributed by atoms with Crippen molar-refractivity contribution in [3.63, 3.8) is 0 Å². The standard InChI is InChI=1S/C22H22N4O3S2/c1-3-17-7-8-20(23-13-17)25-10-11-26(16(2)14-25)21(27)9-12-31(28,29)19-6-4-5-18-22(19)30-15-24-18/h1,4-8,13,15-16H,9-12,14H2,2H3/t16-/m0/s1. The molecule has 1 fully saturated rings. The lowest BCUT2D eigenvalue weighted by Crippen LogP contribution is -2.54. The number of piperazine rings is 1. The molecule has 0 bridgehead atoms. The third-order valence-electron chi connectivity index (χ3n) is 5.43. The molecular weight excluding hydrogens is 432 g/mol. The topological polar surface area (TPSA) is 83.5 Å². The van der Waals surface area contributed by atoms with E-state index < -0.39 is 9.84 Å². The molecule has 1 aliphatic heterocycles. The summed E-state index contributed by atoms with van der Waals surface area (Å²) in [6, 6.07) is 8.72. The fraction of sp³-hybridized carbons (Fsp3) is 0.318. The largest absolute Gasteiger partial charge is 0.353 e. The highest BCUT2D eigenvalue weighted by atomic mass is 32.2. The van der Waals surface area contributed by atoms with Gasteiger partial charge in [0.2, 0.25) is 5.91 Å². The van der Waals surface area contributed by atoms with Crippen LogP contribution < -0.4 is 4.90 Å². The van der Waals surface area contributed by atoms with Crippen LogP contribution in [0.25, 0.3) is 10.2 Å². The van der Waals surface area contributed by atoms with Gasteiger partial charge in [-0.2, -0.15) is 0 Å². The molecule has 160 valence electrons. The second kappa shape index (κ2) is 8.65. The number of anilines is 1. The van der Waals surface area contributed by atoms with Crippen LogP contribution in [0.1, 0.15) is 18.9 Å². The zero-order valence-corrected chi connectivity index (χ0v) is 18.7. The summed E-state index contributed by atoms with van der Waals surface area (Å²) in [5, 5.41) is 0. The van der Waals surface area contributed by atoms with Crippen molar-refractivity contribution >= 4 is 43.1 Å². The van der Waals surface area contributed by atoms with E-state index in [1.54, 1.807) is 34.8 Å². The normalized spacial score (nSPS) is 17.0. The van der Waals surface area contributed by atoms with Crippen LogP contribution in [0.5, 0.6) is 0 Å². The summed E-state index contributed by atoms with van der Waals surface area (Å²) in [5.41, 5.74) is 3.01. The molecule has 0 unspecified atom stereocenters. The number of pyridine rings is 1. The zero-order chi connectivity index (χ0) is 22.0. The molecule has 31 heavy (non-hydrogen) atoms. The minimum absolute atomic E-state index is 0.0447. The Balaban J connectivity index is 1.39. The summed E-state index contributed by atoms with van der Waals surface area (Å²) in [4.78, 5) is 25.5. The van der Waals surface area contributed by atoms with Crippen molar-refractivity contribution in [2.45, 2.75) is 24.3 Å². The van der Waals surface area contributed by atoms with Crippen molar-refractivity contribution < 1.29 is 13.2 Å². The molecular formula is C22H22N4O3S2. The molecule has 1 amide bonds. The van der Waals surface area contributed by atoms with Gasteiger partial charge in [-0.15, -0.1) is 17.8 Å². The van der Waals surface area contributed by atoms with Crippen molar-refractivity contribution in [3.05, 3.63) is 47.6 Å². The number of hydrogen-bond donors (Lipinski definition) is 0. The summed E-state index contributed by atoms with van der Waals surface area (Å²) in [5.74, 6) is 3.00. The first-order valence-corrected chi connectivity index (χ1v) is 12.4. The Morgan fingerprint density at radius 3 is 2.81 bits per heavy atom. The third-order valence-corrected chi connectivity index (χ3v) is 8.18. The quantitative estimate of drug-likeness (QED) is 0.551. The van der Waals surface area contributed by atoms with E-state index in [1.165, 1.54) is 11.3 Å². The number of sulfone groups is 1. The predicted molar refractivity (Wildman–Crippen MR) is 122 cm³/mol. The number of terminal acetylenes is 1. The molecule has 0 spiro atoms. The van der Waals surface area contributed by atoms with Crippen LogP contribution in [-0.4, -0.2) is 60.6 Å². The average molecular weight is 455 g/mol. The molecule has 0 aliphatic carbocycles. The number of hydrogen-bond acceptors (Lipinski definition) is 7. The smallest absolute Gasteiger partial charge is 0.223 e. The maximum atomic E-state index is 12.9. The van der Waals surface area contributed by atoms with E-state index in [9.17, 15) is 13.2 Å². The van der Waals surface area contributed by atoms with Crippen molar-refractivity contribution in [2.75, 3.05) is 30.3 Å². The minimum Gasteiger partial charge on any atom is -0.353 e. The number of thiazole rings is 1. The second-order valence-corrected chi connectivity index (χ2v) is 10.4. The minimum atomic E-state index is -3.58. The molecule has 2 aromatic heterocycles. The number of fused-ring (bicyclic) bond motifs is 1. The molecule has 0 radical (unpaired) electrons. The van der Waals surface area contributed by atoms with Gasteiger partial charge in [0.15, 0.2) is 9.84 Å². The Bertz CT molecular complexity index is 1250. The first-order chi connectivity index (χ1) is 14.9. The molecule has 1 aliphatic rings. The number of amides is 1. The number of carbonyl (C=O) groups is 1. The molecule has 0 N–H and O–H groups in total. The molecule has 0 saturated carbocycles. The molecule has 3 heterocycles. The highest BCUT2D eigenvalue weighted by Gasteiger charge is 2.29. The maximum absolute atomic E-state index is 12.9. The monoisotopic (exact) mass is 454 g/mol. The Labute approximate surface area is 185 Å². The lowest BCUT2D eigenvalue weighted by atomic mass is 10.1. The lowest BCUT2D eigenvalue weighted by molar-refractivity contribution is -0.133. The van der Waals surface area contributed by atoms with Gasteiger partial charge in [-0.25, -0.2) is 18.4 Å². The van der Waals surface area contributed by atoms with E-state index in [0.717, 1.165) is 11.4 Å². The summed E-state index contributed by atoms with van der Waals surface area (Å²) >= 11 is 1.30. The number of benzene rings is 1. The van der Waals surface area contributed by atoms with E-state index in [-0.39, 0.29) is 29.0 Å². The van der Waals surface area contributed by atoms with Crippen molar-refractivity contribution in [1.82, 2.24) is 14.9 Å². The van der Waals surface area contributed by atoms with E-state index in [2.05, 4.69) is 20.8 Å². The Hall–Kier alpha value is -2.96.